The van der Waals surface area contributed by atoms with Crippen LogP contribution in [0.3, 0.4) is 0 Å². The first-order valence-corrected chi connectivity index (χ1v) is 5.49. The van der Waals surface area contributed by atoms with Gasteiger partial charge in [-0.2, -0.15) is 0 Å². The van der Waals surface area contributed by atoms with Crippen LogP contribution in [0.1, 0.15) is 25.3 Å². The normalized spacial score (nSPS) is 19.9. The Kier molecular flexibility index (Phi) is 3.03. The van der Waals surface area contributed by atoms with Crippen LogP contribution in [-0.2, 0) is 6.54 Å². The summed E-state index contributed by atoms with van der Waals surface area (Å²) in [7, 11) is 0. The summed E-state index contributed by atoms with van der Waals surface area (Å²) in [6.45, 7) is 3.08. The van der Waals surface area contributed by atoms with Crippen molar-refractivity contribution in [3.05, 3.63) is 30.1 Å². The number of pyridine rings is 1. The van der Waals surface area contributed by atoms with Crippen LogP contribution in [0.2, 0.25) is 0 Å². The van der Waals surface area contributed by atoms with E-state index in [1.54, 1.807) is 6.20 Å². The fraction of sp³-hybridized carbons (Fsp3) is 0.583. The van der Waals surface area contributed by atoms with Gasteiger partial charge >= 0.3 is 0 Å². The average Bonchev–Trinajstić information content (AvgIpc) is 3.11. The predicted molar refractivity (Wildman–Crippen MR) is 59.3 cm³/mol. The van der Waals surface area contributed by atoms with E-state index in [0.29, 0.717) is 5.92 Å². The van der Waals surface area contributed by atoms with Crippen molar-refractivity contribution >= 4 is 0 Å². The third-order valence-corrected chi connectivity index (χ3v) is 3.23. The molecule has 0 radical (unpaired) electrons. The van der Waals surface area contributed by atoms with E-state index in [0.717, 1.165) is 12.1 Å². The van der Waals surface area contributed by atoms with Crippen molar-refractivity contribution < 1.29 is 5.11 Å². The number of hydrogen-bond acceptors (Lipinski definition) is 3. The summed E-state index contributed by atoms with van der Waals surface area (Å²) < 4.78 is 0. The number of nitrogens with one attached hydrogen (secondary N) is 1. The fourth-order valence-electron chi connectivity index (χ4n) is 1.86. The van der Waals surface area contributed by atoms with Crippen molar-refractivity contribution in [2.24, 2.45) is 5.92 Å². The monoisotopic (exact) mass is 206 g/mol. The number of aliphatic hydroxyl groups is 1. The van der Waals surface area contributed by atoms with E-state index >= 15 is 0 Å². The molecule has 15 heavy (non-hydrogen) atoms. The van der Waals surface area contributed by atoms with E-state index in [2.05, 4.69) is 17.2 Å². The molecule has 2 N–H and O–H groups in total. The largest absolute Gasteiger partial charge is 0.394 e. The van der Waals surface area contributed by atoms with E-state index in [1.807, 2.05) is 18.3 Å². The lowest BCUT2D eigenvalue weighted by Crippen LogP contribution is -2.47. The quantitative estimate of drug-likeness (QED) is 0.764. The minimum Gasteiger partial charge on any atom is -0.394 e. The number of hydrogen-bond donors (Lipinski definition) is 2. The van der Waals surface area contributed by atoms with Crippen LogP contribution in [0.5, 0.6) is 0 Å². The van der Waals surface area contributed by atoms with Gasteiger partial charge in [-0.05, 0) is 37.3 Å². The van der Waals surface area contributed by atoms with Gasteiger partial charge in [0.1, 0.15) is 0 Å². The molecule has 1 aliphatic rings. The van der Waals surface area contributed by atoms with Gasteiger partial charge in [-0.25, -0.2) is 0 Å². The summed E-state index contributed by atoms with van der Waals surface area (Å²) in [4.78, 5) is 4.07. The Morgan fingerprint density at radius 3 is 2.93 bits per heavy atom. The van der Waals surface area contributed by atoms with Crippen LogP contribution in [0.15, 0.2) is 24.5 Å². The Bertz CT molecular complexity index is 311. The molecule has 0 spiro atoms. The predicted octanol–water partition coefficient (Wildman–Crippen LogP) is 1.33. The van der Waals surface area contributed by atoms with Gasteiger partial charge in [-0.1, -0.05) is 6.07 Å². The van der Waals surface area contributed by atoms with E-state index in [9.17, 15) is 5.11 Å². The molecular formula is C12H18N2O. The first-order valence-electron chi connectivity index (χ1n) is 5.49. The molecule has 1 aromatic rings. The molecule has 0 saturated heterocycles. The van der Waals surface area contributed by atoms with E-state index in [4.69, 9.17) is 0 Å². The van der Waals surface area contributed by atoms with Crippen molar-refractivity contribution in [2.45, 2.75) is 31.8 Å². The Labute approximate surface area is 90.5 Å². The molecule has 0 amide bonds. The van der Waals surface area contributed by atoms with Gasteiger partial charge in [0.15, 0.2) is 0 Å². The van der Waals surface area contributed by atoms with Crippen molar-refractivity contribution in [3.63, 3.8) is 0 Å². The zero-order valence-corrected chi connectivity index (χ0v) is 9.11. The first-order chi connectivity index (χ1) is 7.24. The third-order valence-electron chi connectivity index (χ3n) is 3.23. The Hall–Kier alpha value is -0.930. The maximum Gasteiger partial charge on any atom is 0.0613 e. The van der Waals surface area contributed by atoms with Crippen LogP contribution >= 0.6 is 0 Å². The molecule has 1 unspecified atom stereocenters. The lowest BCUT2D eigenvalue weighted by atomic mass is 9.97. The highest BCUT2D eigenvalue weighted by atomic mass is 16.3. The van der Waals surface area contributed by atoms with Gasteiger partial charge in [0.2, 0.25) is 0 Å². The Balaban J connectivity index is 1.91. The van der Waals surface area contributed by atoms with Crippen molar-refractivity contribution in [2.75, 3.05) is 6.61 Å². The SMILES string of the molecule is CC(CO)(NCc1cccnc1)C1CC1. The summed E-state index contributed by atoms with van der Waals surface area (Å²) >= 11 is 0. The van der Waals surface area contributed by atoms with Gasteiger partial charge in [-0.15, -0.1) is 0 Å². The summed E-state index contributed by atoms with van der Waals surface area (Å²) in [6.07, 6.45) is 6.10. The van der Waals surface area contributed by atoms with E-state index in [1.165, 1.54) is 12.8 Å². The molecule has 2 rings (SSSR count). The second-order valence-corrected chi connectivity index (χ2v) is 4.56. The second kappa shape index (κ2) is 4.29. The molecule has 3 heteroatoms. The standard InChI is InChI=1S/C12H18N2O/c1-12(9-15,11-4-5-11)14-8-10-3-2-6-13-7-10/h2-3,6-7,11,14-15H,4-5,8-9H2,1H3. The maximum absolute atomic E-state index is 9.40. The molecule has 1 saturated carbocycles. The van der Waals surface area contributed by atoms with Crippen molar-refractivity contribution in [1.82, 2.24) is 10.3 Å². The summed E-state index contributed by atoms with van der Waals surface area (Å²) in [5, 5.41) is 12.8. The average molecular weight is 206 g/mol. The molecule has 0 bridgehead atoms. The van der Waals surface area contributed by atoms with Crippen LogP contribution in [0.25, 0.3) is 0 Å². The van der Waals surface area contributed by atoms with Gasteiger partial charge in [0.25, 0.3) is 0 Å². The molecule has 1 atom stereocenters. The summed E-state index contributed by atoms with van der Waals surface area (Å²) in [5.41, 5.74) is 1.05. The molecule has 1 aromatic heterocycles. The summed E-state index contributed by atoms with van der Waals surface area (Å²) in [5.74, 6) is 0.638. The smallest absolute Gasteiger partial charge is 0.0613 e. The van der Waals surface area contributed by atoms with Gasteiger partial charge < -0.3 is 10.4 Å². The Morgan fingerprint density at radius 1 is 1.60 bits per heavy atom. The van der Waals surface area contributed by atoms with E-state index < -0.39 is 0 Å². The van der Waals surface area contributed by atoms with Crippen LogP contribution in [-0.4, -0.2) is 22.2 Å². The minimum absolute atomic E-state index is 0.115. The lowest BCUT2D eigenvalue weighted by Gasteiger charge is -2.28. The topological polar surface area (TPSA) is 45.1 Å². The fourth-order valence-corrected chi connectivity index (χ4v) is 1.86. The summed E-state index contributed by atoms with van der Waals surface area (Å²) in [6, 6.07) is 3.98. The first kappa shape index (κ1) is 10.6. The molecule has 3 nitrogen and oxygen atoms in total. The van der Waals surface area contributed by atoms with Crippen LogP contribution in [0.4, 0.5) is 0 Å². The molecular weight excluding hydrogens is 188 g/mol. The van der Waals surface area contributed by atoms with Gasteiger partial charge in [-0.3, -0.25) is 4.98 Å². The number of rotatable bonds is 5. The zero-order valence-electron chi connectivity index (χ0n) is 9.11. The highest BCUT2D eigenvalue weighted by Crippen LogP contribution is 2.39. The minimum atomic E-state index is -0.115. The van der Waals surface area contributed by atoms with Crippen molar-refractivity contribution in [1.29, 1.82) is 0 Å². The number of aromatic nitrogens is 1. The maximum atomic E-state index is 9.40. The molecule has 1 fully saturated rings. The third kappa shape index (κ3) is 2.55. The Morgan fingerprint density at radius 2 is 2.40 bits per heavy atom. The van der Waals surface area contributed by atoms with Crippen LogP contribution in [0, 0.1) is 5.92 Å². The highest BCUT2D eigenvalue weighted by Gasteiger charge is 2.40. The lowest BCUT2D eigenvalue weighted by molar-refractivity contribution is 0.153. The molecule has 0 aromatic carbocycles. The molecule has 1 heterocycles. The zero-order chi connectivity index (χ0) is 10.7. The second-order valence-electron chi connectivity index (χ2n) is 4.56. The highest BCUT2D eigenvalue weighted by molar-refractivity contribution is 5.09. The van der Waals surface area contributed by atoms with Crippen molar-refractivity contribution in [3.8, 4) is 0 Å². The van der Waals surface area contributed by atoms with E-state index in [-0.39, 0.29) is 12.1 Å². The molecule has 0 aliphatic heterocycles. The van der Waals surface area contributed by atoms with Gasteiger partial charge in [0, 0.05) is 24.5 Å². The molecule has 1 aliphatic carbocycles. The van der Waals surface area contributed by atoms with Crippen LogP contribution < -0.4 is 5.32 Å². The number of aliphatic hydroxyl groups excluding tert-OH is 1. The van der Waals surface area contributed by atoms with Gasteiger partial charge in [0.05, 0.1) is 6.61 Å². The molecule has 82 valence electrons. The number of nitrogens with zero attached hydrogens (tertiary/aromatic N) is 1.